The highest BCUT2D eigenvalue weighted by molar-refractivity contribution is 6.46. The van der Waals surface area contributed by atoms with Crippen LogP contribution in [0.5, 0.6) is 0 Å². The summed E-state index contributed by atoms with van der Waals surface area (Å²) in [6.45, 7) is 0. The van der Waals surface area contributed by atoms with E-state index in [2.05, 4.69) is 0 Å². The van der Waals surface area contributed by atoms with E-state index in [0.29, 0.717) is 11.1 Å². The first-order valence-corrected chi connectivity index (χ1v) is 5.96. The molecule has 0 amide bonds. The molecule has 2 nitrogen and oxygen atoms in total. The summed E-state index contributed by atoms with van der Waals surface area (Å²) in [4.78, 5) is 24.0. The Labute approximate surface area is 110 Å². The average Bonchev–Trinajstić information content (AvgIpc) is 2.47. The van der Waals surface area contributed by atoms with Gasteiger partial charge in [0.2, 0.25) is 0 Å². The van der Waals surface area contributed by atoms with Gasteiger partial charge in [-0.3, -0.25) is 9.59 Å². The molecule has 0 atom stereocenters. The Morgan fingerprint density at radius 1 is 0.722 bits per heavy atom. The van der Waals surface area contributed by atoms with Gasteiger partial charge in [-0.05, 0) is 0 Å². The Balaban J connectivity index is 2.20. The molecule has 0 aliphatic rings. The maximum absolute atomic E-state index is 12.0. The molecule has 0 saturated heterocycles. The number of halogens is 1. The summed E-state index contributed by atoms with van der Waals surface area (Å²) in [5, 5.41) is -1.17. The van der Waals surface area contributed by atoms with Gasteiger partial charge in [0.15, 0.2) is 16.9 Å². The molecule has 2 rings (SSSR count). The van der Waals surface area contributed by atoms with Crippen molar-refractivity contribution in [3.05, 3.63) is 71.8 Å². The SMILES string of the molecule is O=C(c1ccccc1)C(Cl)C(=O)c1ccccc1. The predicted octanol–water partition coefficient (Wildman–Crippen LogP) is 3.36. The van der Waals surface area contributed by atoms with Gasteiger partial charge in [-0.1, -0.05) is 60.7 Å². The largest absolute Gasteiger partial charge is 0.292 e. The molecule has 0 spiro atoms. The first-order chi connectivity index (χ1) is 8.70. The molecular weight excluding hydrogens is 248 g/mol. The van der Waals surface area contributed by atoms with Crippen LogP contribution in [0.1, 0.15) is 20.7 Å². The van der Waals surface area contributed by atoms with Crippen LogP contribution in [-0.4, -0.2) is 16.9 Å². The number of benzene rings is 2. The van der Waals surface area contributed by atoms with Crippen LogP contribution >= 0.6 is 11.6 Å². The van der Waals surface area contributed by atoms with Crippen LogP contribution in [0.15, 0.2) is 60.7 Å². The molecule has 0 saturated carbocycles. The van der Waals surface area contributed by atoms with Gasteiger partial charge in [0.25, 0.3) is 0 Å². The zero-order chi connectivity index (χ0) is 13.0. The van der Waals surface area contributed by atoms with E-state index in [4.69, 9.17) is 11.6 Å². The van der Waals surface area contributed by atoms with Crippen LogP contribution in [0.2, 0.25) is 0 Å². The Hall–Kier alpha value is -1.93. The molecule has 3 heteroatoms. The number of alkyl halides is 1. The van der Waals surface area contributed by atoms with Crippen LogP contribution in [0, 0.1) is 0 Å². The molecule has 2 aromatic carbocycles. The lowest BCUT2D eigenvalue weighted by atomic mass is 10.0. The van der Waals surface area contributed by atoms with Crippen LogP contribution in [0.25, 0.3) is 0 Å². The number of Topliss-reactive ketones (excluding diaryl/α,β-unsaturated/α-hetero) is 2. The van der Waals surface area contributed by atoms with Crippen molar-refractivity contribution in [2.45, 2.75) is 5.38 Å². The van der Waals surface area contributed by atoms with Crippen LogP contribution in [0.4, 0.5) is 0 Å². The van der Waals surface area contributed by atoms with E-state index in [-0.39, 0.29) is 11.6 Å². The second-order valence-electron chi connectivity index (χ2n) is 3.82. The summed E-state index contributed by atoms with van der Waals surface area (Å²) in [7, 11) is 0. The van der Waals surface area contributed by atoms with E-state index in [9.17, 15) is 9.59 Å². The highest BCUT2D eigenvalue weighted by Crippen LogP contribution is 2.14. The fraction of sp³-hybridized carbons (Fsp3) is 0.0667. The van der Waals surface area contributed by atoms with Crippen molar-refractivity contribution in [1.82, 2.24) is 0 Å². The molecule has 0 heterocycles. The predicted molar refractivity (Wildman–Crippen MR) is 71.2 cm³/mol. The van der Waals surface area contributed by atoms with E-state index in [1.807, 2.05) is 0 Å². The van der Waals surface area contributed by atoms with Gasteiger partial charge in [0.05, 0.1) is 0 Å². The van der Waals surface area contributed by atoms with Crippen LogP contribution < -0.4 is 0 Å². The molecule has 18 heavy (non-hydrogen) atoms. The number of carbonyl (C=O) groups excluding carboxylic acids is 2. The van der Waals surface area contributed by atoms with Gasteiger partial charge in [0.1, 0.15) is 0 Å². The Bertz CT molecular complexity index is 498. The lowest BCUT2D eigenvalue weighted by molar-refractivity contribution is 0.0900. The number of hydrogen-bond donors (Lipinski definition) is 0. The van der Waals surface area contributed by atoms with Gasteiger partial charge in [-0.2, -0.15) is 0 Å². The molecule has 0 aliphatic carbocycles. The quantitative estimate of drug-likeness (QED) is 0.479. The van der Waals surface area contributed by atoms with E-state index in [1.54, 1.807) is 60.7 Å². The third kappa shape index (κ3) is 2.66. The van der Waals surface area contributed by atoms with Crippen molar-refractivity contribution in [3.63, 3.8) is 0 Å². The maximum atomic E-state index is 12.0. The number of carbonyl (C=O) groups is 2. The van der Waals surface area contributed by atoms with Crippen molar-refractivity contribution >= 4 is 23.2 Å². The van der Waals surface area contributed by atoms with Gasteiger partial charge in [-0.15, -0.1) is 11.6 Å². The van der Waals surface area contributed by atoms with Crippen molar-refractivity contribution in [2.24, 2.45) is 0 Å². The molecule has 0 N–H and O–H groups in total. The van der Waals surface area contributed by atoms with Gasteiger partial charge < -0.3 is 0 Å². The smallest absolute Gasteiger partial charge is 0.188 e. The Morgan fingerprint density at radius 3 is 1.39 bits per heavy atom. The minimum absolute atomic E-state index is 0.369. The molecule has 0 fully saturated rings. The molecule has 2 aromatic rings. The van der Waals surface area contributed by atoms with Gasteiger partial charge in [0, 0.05) is 11.1 Å². The fourth-order valence-electron chi connectivity index (χ4n) is 1.62. The Kier molecular flexibility index (Phi) is 3.90. The minimum Gasteiger partial charge on any atom is -0.292 e. The van der Waals surface area contributed by atoms with Crippen LogP contribution in [0.3, 0.4) is 0 Å². The highest BCUT2D eigenvalue weighted by Gasteiger charge is 2.25. The topological polar surface area (TPSA) is 34.1 Å². The van der Waals surface area contributed by atoms with Crippen LogP contribution in [-0.2, 0) is 0 Å². The molecule has 0 aromatic heterocycles. The molecule has 0 aliphatic heterocycles. The standard InChI is InChI=1S/C15H11ClO2/c16-13(14(17)11-7-3-1-4-8-11)15(18)12-9-5-2-6-10-12/h1-10,13H. The lowest BCUT2D eigenvalue weighted by Crippen LogP contribution is -2.24. The molecule has 90 valence electrons. The molecule has 0 unspecified atom stereocenters. The van der Waals surface area contributed by atoms with E-state index >= 15 is 0 Å². The monoisotopic (exact) mass is 258 g/mol. The second kappa shape index (κ2) is 5.61. The fourth-order valence-corrected chi connectivity index (χ4v) is 1.87. The number of rotatable bonds is 4. The summed E-state index contributed by atoms with van der Waals surface area (Å²) in [5.41, 5.74) is 0.892. The van der Waals surface area contributed by atoms with Crippen molar-refractivity contribution < 1.29 is 9.59 Å². The van der Waals surface area contributed by atoms with Crippen molar-refractivity contribution in [3.8, 4) is 0 Å². The molecular formula is C15H11ClO2. The Morgan fingerprint density at radius 2 is 1.06 bits per heavy atom. The number of ketones is 2. The number of hydrogen-bond acceptors (Lipinski definition) is 2. The van der Waals surface area contributed by atoms with E-state index in [0.717, 1.165) is 0 Å². The summed E-state index contributed by atoms with van der Waals surface area (Å²) in [5.74, 6) is -0.739. The van der Waals surface area contributed by atoms with Crippen molar-refractivity contribution in [1.29, 1.82) is 0 Å². The summed E-state index contributed by atoms with van der Waals surface area (Å²) in [6, 6.07) is 17.2. The zero-order valence-electron chi connectivity index (χ0n) is 9.55. The van der Waals surface area contributed by atoms with Crippen molar-refractivity contribution in [2.75, 3.05) is 0 Å². The summed E-state index contributed by atoms with van der Waals surface area (Å²) in [6.07, 6.45) is 0. The minimum atomic E-state index is -1.17. The van der Waals surface area contributed by atoms with Gasteiger partial charge >= 0.3 is 0 Å². The zero-order valence-corrected chi connectivity index (χ0v) is 10.3. The second-order valence-corrected chi connectivity index (χ2v) is 4.26. The normalized spacial score (nSPS) is 10.3. The van der Waals surface area contributed by atoms with E-state index < -0.39 is 5.38 Å². The third-order valence-corrected chi connectivity index (χ3v) is 2.97. The highest BCUT2D eigenvalue weighted by atomic mass is 35.5. The first kappa shape index (κ1) is 12.5. The summed E-state index contributed by atoms with van der Waals surface area (Å²) >= 11 is 5.95. The van der Waals surface area contributed by atoms with Gasteiger partial charge in [-0.25, -0.2) is 0 Å². The van der Waals surface area contributed by atoms with E-state index in [1.165, 1.54) is 0 Å². The molecule has 0 bridgehead atoms. The lowest BCUT2D eigenvalue weighted by Gasteiger charge is -2.07. The average molecular weight is 259 g/mol. The maximum Gasteiger partial charge on any atom is 0.188 e. The third-order valence-electron chi connectivity index (χ3n) is 2.58. The molecule has 0 radical (unpaired) electrons. The first-order valence-electron chi connectivity index (χ1n) is 5.53. The summed E-state index contributed by atoms with van der Waals surface area (Å²) < 4.78 is 0.